The van der Waals surface area contributed by atoms with Crippen LogP contribution < -0.4 is 10.6 Å². The highest BCUT2D eigenvalue weighted by atomic mass is 32.2. The molecule has 2 heterocycles. The van der Waals surface area contributed by atoms with Crippen LogP contribution in [0, 0.1) is 0 Å². The van der Waals surface area contributed by atoms with Gasteiger partial charge in [-0.2, -0.15) is 11.8 Å². The lowest BCUT2D eigenvalue weighted by Crippen LogP contribution is -2.53. The molecule has 4 N–H and O–H groups in total. The van der Waals surface area contributed by atoms with E-state index in [0.29, 0.717) is 18.6 Å². The number of carboxylic acid groups (broad SMARTS) is 1. The van der Waals surface area contributed by atoms with Crippen molar-refractivity contribution in [1.29, 1.82) is 0 Å². The molecular formula is C10H16N2O4S. The number of fused-ring (bicyclic) bond motifs is 1. The molecule has 7 heteroatoms. The van der Waals surface area contributed by atoms with E-state index in [1.54, 1.807) is 11.8 Å². The Labute approximate surface area is 103 Å². The summed E-state index contributed by atoms with van der Waals surface area (Å²) in [6, 6.07) is -0.558. The van der Waals surface area contributed by atoms with Crippen molar-refractivity contribution in [3.05, 3.63) is 0 Å². The molecule has 2 fully saturated rings. The normalized spacial score (nSPS) is 35.2. The molecular weight excluding hydrogens is 244 g/mol. The maximum Gasteiger partial charge on any atom is 0.317 e. The van der Waals surface area contributed by atoms with E-state index in [9.17, 15) is 14.7 Å². The first-order chi connectivity index (χ1) is 8.02. The fraction of sp³-hybridized carbons (Fsp3) is 0.800. The van der Waals surface area contributed by atoms with Crippen molar-refractivity contribution in [2.75, 3.05) is 5.75 Å². The van der Waals surface area contributed by atoms with E-state index in [4.69, 9.17) is 5.11 Å². The first-order valence-electron chi connectivity index (χ1n) is 5.67. The molecule has 96 valence electrons. The van der Waals surface area contributed by atoms with E-state index in [2.05, 4.69) is 10.6 Å². The Morgan fingerprint density at radius 2 is 2.29 bits per heavy atom. The molecule has 3 atom stereocenters. The van der Waals surface area contributed by atoms with Gasteiger partial charge in [-0.15, -0.1) is 0 Å². The average molecular weight is 260 g/mol. The van der Waals surface area contributed by atoms with Gasteiger partial charge in [0.05, 0.1) is 11.3 Å². The van der Waals surface area contributed by atoms with E-state index in [0.717, 1.165) is 6.42 Å². The lowest BCUT2D eigenvalue weighted by atomic mass is 9.99. The van der Waals surface area contributed by atoms with Crippen LogP contribution in [-0.2, 0) is 4.79 Å². The Morgan fingerprint density at radius 3 is 3.00 bits per heavy atom. The van der Waals surface area contributed by atoms with Gasteiger partial charge in [0.2, 0.25) is 0 Å². The zero-order chi connectivity index (χ0) is 12.5. The zero-order valence-corrected chi connectivity index (χ0v) is 10.1. The van der Waals surface area contributed by atoms with Crippen LogP contribution in [-0.4, -0.2) is 45.0 Å². The molecule has 17 heavy (non-hydrogen) atoms. The van der Waals surface area contributed by atoms with Gasteiger partial charge in [0, 0.05) is 12.2 Å². The fourth-order valence-corrected chi connectivity index (χ4v) is 3.87. The molecule has 0 aromatic carbocycles. The Bertz CT molecular complexity index is 338. The number of carboxylic acids is 1. The highest BCUT2D eigenvalue weighted by molar-refractivity contribution is 8.00. The van der Waals surface area contributed by atoms with Crippen molar-refractivity contribution < 1.29 is 19.8 Å². The summed E-state index contributed by atoms with van der Waals surface area (Å²) in [6.07, 6.45) is 2.22. The number of aliphatic hydroxyl groups is 1. The summed E-state index contributed by atoms with van der Waals surface area (Å²) in [7, 11) is 0. The third-order valence-corrected chi connectivity index (χ3v) is 4.74. The zero-order valence-electron chi connectivity index (χ0n) is 9.31. The van der Waals surface area contributed by atoms with Crippen LogP contribution in [0.5, 0.6) is 0 Å². The van der Waals surface area contributed by atoms with Gasteiger partial charge in [0.1, 0.15) is 0 Å². The lowest BCUT2D eigenvalue weighted by Gasteiger charge is -2.27. The minimum Gasteiger partial charge on any atom is -0.481 e. The van der Waals surface area contributed by atoms with E-state index in [1.165, 1.54) is 0 Å². The van der Waals surface area contributed by atoms with Crippen LogP contribution in [0.25, 0.3) is 0 Å². The highest BCUT2D eigenvalue weighted by Gasteiger charge is 2.55. The SMILES string of the molecule is O=C(O)CCCC[C@@H]1SC[C@@H]2NC(=O)N[C@@]21O. The van der Waals surface area contributed by atoms with Gasteiger partial charge in [-0.05, 0) is 12.8 Å². The monoisotopic (exact) mass is 260 g/mol. The molecule has 0 saturated carbocycles. The smallest absolute Gasteiger partial charge is 0.317 e. The van der Waals surface area contributed by atoms with Crippen molar-refractivity contribution in [3.8, 4) is 0 Å². The second-order valence-electron chi connectivity index (χ2n) is 4.44. The fourth-order valence-electron chi connectivity index (χ4n) is 2.30. The summed E-state index contributed by atoms with van der Waals surface area (Å²) >= 11 is 1.62. The molecule has 2 aliphatic heterocycles. The minimum absolute atomic E-state index is 0.0553. The second kappa shape index (κ2) is 4.73. The van der Waals surface area contributed by atoms with Gasteiger partial charge < -0.3 is 20.8 Å². The van der Waals surface area contributed by atoms with Gasteiger partial charge in [0.25, 0.3) is 0 Å². The van der Waals surface area contributed by atoms with Crippen molar-refractivity contribution in [2.24, 2.45) is 0 Å². The molecule has 2 saturated heterocycles. The molecule has 0 bridgehead atoms. The summed E-state index contributed by atoms with van der Waals surface area (Å²) in [5, 5.41) is 24.0. The van der Waals surface area contributed by atoms with E-state index in [-0.39, 0.29) is 23.7 Å². The first kappa shape index (κ1) is 12.5. The Balaban J connectivity index is 1.82. The molecule has 2 aliphatic rings. The Morgan fingerprint density at radius 1 is 1.53 bits per heavy atom. The second-order valence-corrected chi connectivity index (χ2v) is 5.67. The minimum atomic E-state index is -1.16. The van der Waals surface area contributed by atoms with Gasteiger partial charge in [-0.25, -0.2) is 4.79 Å². The van der Waals surface area contributed by atoms with Crippen molar-refractivity contribution in [2.45, 2.75) is 42.7 Å². The Hall–Kier alpha value is -0.950. The number of urea groups is 1. The third kappa shape index (κ3) is 2.50. The van der Waals surface area contributed by atoms with Gasteiger partial charge in [0.15, 0.2) is 5.72 Å². The number of rotatable bonds is 5. The molecule has 6 nitrogen and oxygen atoms in total. The van der Waals surface area contributed by atoms with Crippen LogP contribution >= 0.6 is 11.8 Å². The number of thioether (sulfide) groups is 1. The molecule has 0 radical (unpaired) electrons. The highest BCUT2D eigenvalue weighted by Crippen LogP contribution is 2.39. The number of nitrogens with one attached hydrogen (secondary N) is 2. The number of hydrogen-bond acceptors (Lipinski definition) is 4. The van der Waals surface area contributed by atoms with Crippen LogP contribution in [0.3, 0.4) is 0 Å². The van der Waals surface area contributed by atoms with Gasteiger partial charge in [-0.1, -0.05) is 6.42 Å². The third-order valence-electron chi connectivity index (χ3n) is 3.21. The van der Waals surface area contributed by atoms with E-state index >= 15 is 0 Å². The predicted molar refractivity (Wildman–Crippen MR) is 62.8 cm³/mol. The summed E-state index contributed by atoms with van der Waals surface area (Å²) < 4.78 is 0. The van der Waals surface area contributed by atoms with Crippen molar-refractivity contribution in [1.82, 2.24) is 10.6 Å². The van der Waals surface area contributed by atoms with Crippen LogP contribution in [0.15, 0.2) is 0 Å². The number of amides is 2. The molecule has 0 aromatic rings. The van der Waals surface area contributed by atoms with E-state index < -0.39 is 11.7 Å². The van der Waals surface area contributed by atoms with Gasteiger partial charge in [-0.3, -0.25) is 4.79 Å². The number of carbonyl (C=O) groups is 2. The van der Waals surface area contributed by atoms with Crippen LogP contribution in [0.2, 0.25) is 0 Å². The molecule has 0 unspecified atom stereocenters. The molecule has 0 spiro atoms. The molecule has 0 aromatic heterocycles. The van der Waals surface area contributed by atoms with Crippen molar-refractivity contribution >= 4 is 23.8 Å². The molecule has 2 amide bonds. The number of hydrogen-bond donors (Lipinski definition) is 4. The van der Waals surface area contributed by atoms with Crippen molar-refractivity contribution in [3.63, 3.8) is 0 Å². The van der Waals surface area contributed by atoms with Crippen LogP contribution in [0.4, 0.5) is 4.79 Å². The summed E-state index contributed by atoms with van der Waals surface area (Å²) in [5.74, 6) is -0.102. The number of carbonyl (C=O) groups excluding carboxylic acids is 1. The first-order valence-corrected chi connectivity index (χ1v) is 6.71. The topological polar surface area (TPSA) is 98.7 Å². The molecule has 2 rings (SSSR count). The summed E-state index contributed by atoms with van der Waals surface area (Å²) in [4.78, 5) is 21.5. The molecule has 0 aliphatic carbocycles. The maximum atomic E-state index is 11.2. The van der Waals surface area contributed by atoms with E-state index in [1.807, 2.05) is 0 Å². The Kier molecular flexibility index (Phi) is 3.48. The maximum absolute atomic E-state index is 11.2. The number of unbranched alkanes of at least 4 members (excludes halogenated alkanes) is 1. The quantitative estimate of drug-likeness (QED) is 0.415. The summed E-state index contributed by atoms with van der Waals surface area (Å²) in [5.41, 5.74) is -1.16. The lowest BCUT2D eigenvalue weighted by molar-refractivity contribution is -0.137. The van der Waals surface area contributed by atoms with Crippen LogP contribution in [0.1, 0.15) is 25.7 Å². The van der Waals surface area contributed by atoms with Gasteiger partial charge >= 0.3 is 12.0 Å². The standard InChI is InChI=1S/C10H16N2O4S/c13-8(14)4-2-1-3-7-10(16)6(5-17-7)11-9(15)12-10/h6-7,16H,1-5H2,(H,13,14)(H2,11,12,15)/t6-,7-,10+/m0/s1. The largest absolute Gasteiger partial charge is 0.481 e. The summed E-state index contributed by atoms with van der Waals surface area (Å²) in [6.45, 7) is 0. The average Bonchev–Trinajstić information content (AvgIpc) is 2.66. The number of aliphatic carboxylic acids is 1. The predicted octanol–water partition coefficient (Wildman–Crippen LogP) is 0.117.